The minimum atomic E-state index is -0.0670. The predicted molar refractivity (Wildman–Crippen MR) is 86.1 cm³/mol. The summed E-state index contributed by atoms with van der Waals surface area (Å²) in [4.78, 5) is 12.4. The third-order valence-corrected chi connectivity index (χ3v) is 3.92. The Morgan fingerprint density at radius 1 is 1.38 bits per heavy atom. The number of anilines is 1. The number of hydrogen-bond donors (Lipinski definition) is 2. The Bertz CT molecular complexity index is 473. The fourth-order valence-electron chi connectivity index (χ4n) is 2.40. The van der Waals surface area contributed by atoms with Crippen LogP contribution in [0, 0.1) is 5.92 Å². The maximum absolute atomic E-state index is 12.4. The molecule has 0 unspecified atom stereocenters. The highest BCUT2D eigenvalue weighted by atomic mass is 35.5. The van der Waals surface area contributed by atoms with Gasteiger partial charge in [0.2, 0.25) is 0 Å². The molecule has 0 spiro atoms. The topological polar surface area (TPSA) is 50.4 Å². The van der Waals surface area contributed by atoms with E-state index in [-0.39, 0.29) is 5.91 Å². The van der Waals surface area contributed by atoms with Gasteiger partial charge in [-0.15, -0.1) is 0 Å². The number of nitrogens with one attached hydrogen (secondary N) is 2. The van der Waals surface area contributed by atoms with E-state index in [0.29, 0.717) is 23.0 Å². The minimum absolute atomic E-state index is 0.0670. The summed E-state index contributed by atoms with van der Waals surface area (Å²) in [6, 6.07) is 5.38. The van der Waals surface area contributed by atoms with Crippen LogP contribution >= 0.6 is 11.6 Å². The smallest absolute Gasteiger partial charge is 0.253 e. The summed E-state index contributed by atoms with van der Waals surface area (Å²) in [5, 5.41) is 6.87. The zero-order valence-corrected chi connectivity index (χ0v) is 13.2. The Labute approximate surface area is 131 Å². The number of amides is 1. The van der Waals surface area contributed by atoms with Gasteiger partial charge in [-0.3, -0.25) is 4.79 Å². The highest BCUT2D eigenvalue weighted by Gasteiger charge is 2.17. The summed E-state index contributed by atoms with van der Waals surface area (Å²) in [6.45, 7) is 5.21. The minimum Gasteiger partial charge on any atom is -0.384 e. The summed E-state index contributed by atoms with van der Waals surface area (Å²) < 4.78 is 5.33. The fourth-order valence-corrected chi connectivity index (χ4v) is 2.57. The molecule has 1 aromatic carbocycles. The van der Waals surface area contributed by atoms with Crippen molar-refractivity contribution in [2.45, 2.75) is 26.2 Å². The lowest BCUT2D eigenvalue weighted by Gasteiger charge is -2.22. The van der Waals surface area contributed by atoms with Crippen LogP contribution < -0.4 is 10.6 Å². The molecule has 0 bridgehead atoms. The lowest BCUT2D eigenvalue weighted by Crippen LogP contribution is -2.32. The zero-order chi connectivity index (χ0) is 15.1. The SMILES string of the molecule is CCCNc1ccc(Cl)cc1C(=O)NCC1CCOCC1. The molecule has 1 saturated heterocycles. The van der Waals surface area contributed by atoms with Crippen molar-refractivity contribution in [1.29, 1.82) is 0 Å². The van der Waals surface area contributed by atoms with E-state index in [4.69, 9.17) is 16.3 Å². The van der Waals surface area contributed by atoms with Crippen LogP contribution in [-0.4, -0.2) is 32.2 Å². The number of hydrogen-bond acceptors (Lipinski definition) is 3. The second-order valence-electron chi connectivity index (χ2n) is 5.38. The van der Waals surface area contributed by atoms with Crippen LogP contribution in [0.5, 0.6) is 0 Å². The van der Waals surface area contributed by atoms with E-state index in [0.717, 1.165) is 44.7 Å². The quantitative estimate of drug-likeness (QED) is 0.847. The molecular formula is C16H23ClN2O2. The molecule has 21 heavy (non-hydrogen) atoms. The molecule has 1 amide bonds. The van der Waals surface area contributed by atoms with E-state index in [1.165, 1.54) is 0 Å². The van der Waals surface area contributed by atoms with Crippen molar-refractivity contribution in [1.82, 2.24) is 5.32 Å². The Morgan fingerprint density at radius 3 is 2.86 bits per heavy atom. The van der Waals surface area contributed by atoms with Crippen molar-refractivity contribution in [2.75, 3.05) is 31.6 Å². The summed E-state index contributed by atoms with van der Waals surface area (Å²) in [5.41, 5.74) is 1.45. The van der Waals surface area contributed by atoms with Gasteiger partial charge in [-0.25, -0.2) is 0 Å². The highest BCUT2D eigenvalue weighted by molar-refractivity contribution is 6.31. The van der Waals surface area contributed by atoms with Gasteiger partial charge in [0.05, 0.1) is 5.56 Å². The lowest BCUT2D eigenvalue weighted by atomic mass is 10.0. The first-order valence-corrected chi connectivity index (χ1v) is 7.98. The molecule has 1 heterocycles. The van der Waals surface area contributed by atoms with Crippen molar-refractivity contribution >= 4 is 23.2 Å². The number of carbonyl (C=O) groups is 1. The summed E-state index contributed by atoms with van der Waals surface area (Å²) in [7, 11) is 0. The third-order valence-electron chi connectivity index (χ3n) is 3.68. The average Bonchev–Trinajstić information content (AvgIpc) is 2.52. The first kappa shape index (κ1) is 16.1. The van der Waals surface area contributed by atoms with E-state index in [1.807, 2.05) is 6.07 Å². The van der Waals surface area contributed by atoms with Crippen molar-refractivity contribution in [3.8, 4) is 0 Å². The van der Waals surface area contributed by atoms with Gasteiger partial charge in [0, 0.05) is 37.0 Å². The molecule has 0 aliphatic carbocycles. The van der Waals surface area contributed by atoms with E-state index in [2.05, 4.69) is 17.6 Å². The molecular weight excluding hydrogens is 288 g/mol. The molecule has 0 aromatic heterocycles. The van der Waals surface area contributed by atoms with Gasteiger partial charge in [-0.05, 0) is 43.4 Å². The summed E-state index contributed by atoms with van der Waals surface area (Å²) in [6.07, 6.45) is 3.03. The lowest BCUT2D eigenvalue weighted by molar-refractivity contribution is 0.0643. The van der Waals surface area contributed by atoms with Gasteiger partial charge in [-0.1, -0.05) is 18.5 Å². The molecule has 1 fully saturated rings. The maximum atomic E-state index is 12.4. The molecule has 1 aliphatic heterocycles. The van der Waals surface area contributed by atoms with Gasteiger partial charge in [0.15, 0.2) is 0 Å². The van der Waals surface area contributed by atoms with E-state index in [1.54, 1.807) is 12.1 Å². The average molecular weight is 311 g/mol. The van der Waals surface area contributed by atoms with Gasteiger partial charge in [0.25, 0.3) is 5.91 Å². The van der Waals surface area contributed by atoms with Crippen LogP contribution in [0.2, 0.25) is 5.02 Å². The Morgan fingerprint density at radius 2 is 2.14 bits per heavy atom. The molecule has 116 valence electrons. The number of ether oxygens (including phenoxy) is 1. The summed E-state index contributed by atoms with van der Waals surface area (Å²) >= 11 is 6.02. The Balaban J connectivity index is 1.97. The van der Waals surface area contributed by atoms with Crippen LogP contribution in [0.3, 0.4) is 0 Å². The van der Waals surface area contributed by atoms with Crippen LogP contribution in [0.1, 0.15) is 36.5 Å². The van der Waals surface area contributed by atoms with E-state index in [9.17, 15) is 4.79 Å². The fraction of sp³-hybridized carbons (Fsp3) is 0.562. The molecule has 5 heteroatoms. The standard InChI is InChI=1S/C16H23ClN2O2/c1-2-7-18-15-4-3-13(17)10-14(15)16(20)19-11-12-5-8-21-9-6-12/h3-4,10,12,18H,2,5-9,11H2,1H3,(H,19,20). The van der Waals surface area contributed by atoms with Crippen LogP contribution in [0.4, 0.5) is 5.69 Å². The number of halogens is 1. The Kier molecular flexibility index (Phi) is 6.33. The number of benzene rings is 1. The maximum Gasteiger partial charge on any atom is 0.253 e. The van der Waals surface area contributed by atoms with Crippen LogP contribution in [0.25, 0.3) is 0 Å². The molecule has 0 atom stereocenters. The third kappa shape index (κ3) is 4.90. The first-order valence-electron chi connectivity index (χ1n) is 7.60. The predicted octanol–water partition coefficient (Wildman–Crippen LogP) is 3.32. The molecule has 0 radical (unpaired) electrons. The van der Waals surface area contributed by atoms with Gasteiger partial charge < -0.3 is 15.4 Å². The molecule has 2 N–H and O–H groups in total. The summed E-state index contributed by atoms with van der Waals surface area (Å²) in [5.74, 6) is 0.441. The van der Waals surface area contributed by atoms with Gasteiger partial charge >= 0.3 is 0 Å². The van der Waals surface area contributed by atoms with Crippen molar-refractivity contribution in [3.63, 3.8) is 0 Å². The van der Waals surface area contributed by atoms with Crippen molar-refractivity contribution in [3.05, 3.63) is 28.8 Å². The van der Waals surface area contributed by atoms with Crippen molar-refractivity contribution < 1.29 is 9.53 Å². The van der Waals surface area contributed by atoms with E-state index < -0.39 is 0 Å². The molecule has 2 rings (SSSR count). The number of carbonyl (C=O) groups excluding carboxylic acids is 1. The second kappa shape index (κ2) is 8.25. The zero-order valence-electron chi connectivity index (χ0n) is 12.5. The van der Waals surface area contributed by atoms with E-state index >= 15 is 0 Å². The number of rotatable bonds is 6. The van der Waals surface area contributed by atoms with Crippen LogP contribution in [0.15, 0.2) is 18.2 Å². The monoisotopic (exact) mass is 310 g/mol. The van der Waals surface area contributed by atoms with Gasteiger partial charge in [0.1, 0.15) is 0 Å². The molecule has 1 aromatic rings. The Hall–Kier alpha value is -1.26. The normalized spacial score (nSPS) is 15.7. The second-order valence-corrected chi connectivity index (χ2v) is 5.82. The highest BCUT2D eigenvalue weighted by Crippen LogP contribution is 2.21. The molecule has 0 saturated carbocycles. The largest absolute Gasteiger partial charge is 0.384 e. The molecule has 1 aliphatic rings. The van der Waals surface area contributed by atoms with Crippen molar-refractivity contribution in [2.24, 2.45) is 5.92 Å². The van der Waals surface area contributed by atoms with Gasteiger partial charge in [-0.2, -0.15) is 0 Å². The first-order chi connectivity index (χ1) is 10.2. The molecule has 4 nitrogen and oxygen atoms in total. The van der Waals surface area contributed by atoms with Crippen LogP contribution in [-0.2, 0) is 4.74 Å².